The molecular formula is C28H28F3NO3. The molecule has 1 aliphatic heterocycles. The van der Waals surface area contributed by atoms with Crippen LogP contribution in [0.25, 0.3) is 10.8 Å². The zero-order valence-corrected chi connectivity index (χ0v) is 19.7. The number of nitriles is 1. The molecule has 4 nitrogen and oxygen atoms in total. The van der Waals surface area contributed by atoms with E-state index in [0.717, 1.165) is 37.0 Å². The lowest BCUT2D eigenvalue weighted by Gasteiger charge is -2.29. The summed E-state index contributed by atoms with van der Waals surface area (Å²) in [6, 6.07) is 12.6. The Kier molecular flexibility index (Phi) is 8.40. The Morgan fingerprint density at radius 2 is 1.71 bits per heavy atom. The molecular weight excluding hydrogens is 455 g/mol. The number of hydrogen-bond donors (Lipinski definition) is 0. The highest BCUT2D eigenvalue weighted by molar-refractivity contribution is 5.84. The van der Waals surface area contributed by atoms with Gasteiger partial charge in [-0.1, -0.05) is 44.0 Å². The maximum Gasteiger partial charge on any atom is 0.184 e. The molecule has 35 heavy (non-hydrogen) atoms. The van der Waals surface area contributed by atoms with Crippen molar-refractivity contribution in [3.63, 3.8) is 0 Å². The monoisotopic (exact) mass is 483 g/mol. The van der Waals surface area contributed by atoms with E-state index in [0.29, 0.717) is 41.7 Å². The van der Waals surface area contributed by atoms with Gasteiger partial charge in [0.2, 0.25) is 0 Å². The summed E-state index contributed by atoms with van der Waals surface area (Å²) >= 11 is 0. The number of hydrogen-bond acceptors (Lipinski definition) is 4. The number of benzene rings is 3. The average molecular weight is 484 g/mol. The number of halogens is 3. The first-order chi connectivity index (χ1) is 17.0. The molecule has 1 saturated heterocycles. The summed E-state index contributed by atoms with van der Waals surface area (Å²) in [5.74, 6) is -2.18. The summed E-state index contributed by atoms with van der Waals surface area (Å²) in [6.07, 6.45) is 3.20. The first-order valence-electron chi connectivity index (χ1n) is 11.9. The van der Waals surface area contributed by atoms with Crippen LogP contribution in [0.15, 0.2) is 42.5 Å². The van der Waals surface area contributed by atoms with E-state index in [9.17, 15) is 8.78 Å². The van der Waals surface area contributed by atoms with E-state index in [1.54, 1.807) is 18.2 Å². The summed E-state index contributed by atoms with van der Waals surface area (Å²) in [4.78, 5) is 0. The number of fused-ring (bicyclic) bond motifs is 1. The zero-order valence-electron chi connectivity index (χ0n) is 19.7. The van der Waals surface area contributed by atoms with Crippen molar-refractivity contribution in [2.45, 2.75) is 51.4 Å². The Hall–Kier alpha value is -2.92. The van der Waals surface area contributed by atoms with Gasteiger partial charge >= 0.3 is 0 Å². The van der Waals surface area contributed by atoms with Crippen molar-refractivity contribution in [1.82, 2.24) is 0 Å². The molecule has 0 saturated carbocycles. The summed E-state index contributed by atoms with van der Waals surface area (Å²) in [7, 11) is 0. The quantitative estimate of drug-likeness (QED) is 0.325. The van der Waals surface area contributed by atoms with E-state index in [2.05, 4.69) is 6.92 Å². The molecule has 0 amide bonds. The highest BCUT2D eigenvalue weighted by Gasteiger charge is 2.24. The number of rotatable bonds is 9. The molecule has 0 N–H and O–H groups in total. The summed E-state index contributed by atoms with van der Waals surface area (Å²) in [5, 5.41) is 9.96. The van der Waals surface area contributed by atoms with E-state index in [4.69, 9.17) is 19.5 Å². The second kappa shape index (κ2) is 11.7. The summed E-state index contributed by atoms with van der Waals surface area (Å²) in [5.41, 5.74) is 1.01. The van der Waals surface area contributed by atoms with Crippen LogP contribution in [0.2, 0.25) is 0 Å². The van der Waals surface area contributed by atoms with Crippen LogP contribution in [0.5, 0.6) is 0 Å². The van der Waals surface area contributed by atoms with Gasteiger partial charge in [0.1, 0.15) is 35.2 Å². The molecule has 0 bridgehead atoms. The van der Waals surface area contributed by atoms with E-state index in [-0.39, 0.29) is 24.8 Å². The minimum Gasteiger partial charge on any atom is -0.373 e. The SMILES string of the molecule is CCCCCOC1COC(c2ccc3c(F)c(CCc4cc(F)c(C#N)c(F)c4)ccc3c2)OC1. The lowest BCUT2D eigenvalue weighted by Crippen LogP contribution is -2.33. The van der Waals surface area contributed by atoms with Crippen molar-refractivity contribution in [2.24, 2.45) is 0 Å². The van der Waals surface area contributed by atoms with Crippen LogP contribution >= 0.6 is 0 Å². The second-order valence-corrected chi connectivity index (χ2v) is 8.76. The maximum atomic E-state index is 15.2. The van der Waals surface area contributed by atoms with Crippen molar-refractivity contribution < 1.29 is 27.4 Å². The van der Waals surface area contributed by atoms with Crippen LogP contribution < -0.4 is 0 Å². The molecule has 0 radical (unpaired) electrons. The van der Waals surface area contributed by atoms with Crippen molar-refractivity contribution in [3.8, 4) is 6.07 Å². The van der Waals surface area contributed by atoms with E-state index in [1.165, 1.54) is 6.07 Å². The maximum absolute atomic E-state index is 15.2. The molecule has 3 aromatic rings. The Bertz CT molecular complexity index is 1190. The third kappa shape index (κ3) is 6.02. The van der Waals surface area contributed by atoms with Gasteiger partial charge in [0.25, 0.3) is 0 Å². The molecule has 0 atom stereocenters. The molecule has 0 aliphatic carbocycles. The molecule has 1 aliphatic rings. The molecule has 0 aromatic heterocycles. The fourth-order valence-electron chi connectivity index (χ4n) is 4.23. The minimum atomic E-state index is -0.907. The van der Waals surface area contributed by atoms with E-state index in [1.807, 2.05) is 12.1 Å². The Morgan fingerprint density at radius 3 is 2.40 bits per heavy atom. The third-order valence-electron chi connectivity index (χ3n) is 6.20. The Labute approximate surface area is 203 Å². The largest absolute Gasteiger partial charge is 0.373 e. The topological polar surface area (TPSA) is 51.5 Å². The van der Waals surface area contributed by atoms with Gasteiger partial charge in [0.15, 0.2) is 6.29 Å². The van der Waals surface area contributed by atoms with Crippen LogP contribution in [0.1, 0.15) is 54.7 Å². The van der Waals surface area contributed by atoms with Gasteiger partial charge in [0.05, 0.1) is 13.2 Å². The minimum absolute atomic E-state index is 0.0818. The van der Waals surface area contributed by atoms with Crippen LogP contribution in [-0.2, 0) is 27.1 Å². The standard InChI is InChI=1S/C28H28F3NO3/c1-2-3-4-11-33-22-16-34-28(35-17-22)21-9-10-23-20(14-21)8-7-19(27(23)31)6-5-18-12-25(29)24(15-32)26(30)13-18/h7-10,12-14,22,28H,2-6,11,16-17H2,1H3. The summed E-state index contributed by atoms with van der Waals surface area (Å²) < 4.78 is 60.4. The first kappa shape index (κ1) is 25.2. The lowest BCUT2D eigenvalue weighted by atomic mass is 9.98. The van der Waals surface area contributed by atoms with E-state index < -0.39 is 23.5 Å². The van der Waals surface area contributed by atoms with Gasteiger partial charge < -0.3 is 14.2 Å². The predicted molar refractivity (Wildman–Crippen MR) is 126 cm³/mol. The van der Waals surface area contributed by atoms with Gasteiger partial charge in [-0.15, -0.1) is 0 Å². The predicted octanol–water partition coefficient (Wildman–Crippen LogP) is 6.53. The second-order valence-electron chi connectivity index (χ2n) is 8.76. The van der Waals surface area contributed by atoms with Crippen molar-refractivity contribution in [1.29, 1.82) is 5.26 Å². The smallest absolute Gasteiger partial charge is 0.184 e. The van der Waals surface area contributed by atoms with Crippen molar-refractivity contribution >= 4 is 10.8 Å². The fraction of sp³-hybridized carbons (Fsp3) is 0.393. The van der Waals surface area contributed by atoms with Gasteiger partial charge in [-0.3, -0.25) is 0 Å². The first-order valence-corrected chi connectivity index (χ1v) is 11.9. The molecule has 1 fully saturated rings. The molecule has 0 unspecified atom stereocenters. The normalized spacial score (nSPS) is 18.0. The van der Waals surface area contributed by atoms with Crippen molar-refractivity contribution in [3.05, 3.63) is 82.2 Å². The van der Waals surface area contributed by atoms with Crippen LogP contribution in [-0.4, -0.2) is 25.9 Å². The highest BCUT2D eigenvalue weighted by atomic mass is 19.1. The lowest BCUT2D eigenvalue weighted by molar-refractivity contribution is -0.230. The highest BCUT2D eigenvalue weighted by Crippen LogP contribution is 2.29. The molecule has 0 spiro atoms. The number of ether oxygens (including phenoxy) is 3. The van der Waals surface area contributed by atoms with Crippen LogP contribution in [0.3, 0.4) is 0 Å². The van der Waals surface area contributed by atoms with Gasteiger partial charge in [-0.2, -0.15) is 5.26 Å². The zero-order chi connectivity index (χ0) is 24.8. The third-order valence-corrected chi connectivity index (χ3v) is 6.20. The van der Waals surface area contributed by atoms with Crippen LogP contribution in [0, 0.1) is 28.8 Å². The summed E-state index contributed by atoms with van der Waals surface area (Å²) in [6.45, 7) is 3.73. The molecule has 184 valence electrons. The molecule has 7 heteroatoms. The van der Waals surface area contributed by atoms with Gasteiger partial charge in [-0.05, 0) is 54.0 Å². The van der Waals surface area contributed by atoms with Crippen molar-refractivity contribution in [2.75, 3.05) is 19.8 Å². The molecule has 3 aromatic carbocycles. The molecule has 4 rings (SSSR count). The molecule has 1 heterocycles. The number of nitrogens with zero attached hydrogens (tertiary/aromatic N) is 1. The Balaban J connectivity index is 1.40. The average Bonchev–Trinajstić information content (AvgIpc) is 2.86. The van der Waals surface area contributed by atoms with Gasteiger partial charge in [0, 0.05) is 17.6 Å². The van der Waals surface area contributed by atoms with Crippen LogP contribution in [0.4, 0.5) is 13.2 Å². The van der Waals surface area contributed by atoms with Gasteiger partial charge in [-0.25, -0.2) is 13.2 Å². The van der Waals surface area contributed by atoms with E-state index >= 15 is 4.39 Å². The number of aryl methyl sites for hydroxylation is 2. The fourth-order valence-corrected chi connectivity index (χ4v) is 4.23. The Morgan fingerprint density at radius 1 is 0.971 bits per heavy atom. The number of unbranched alkanes of at least 4 members (excludes halogenated alkanes) is 2.